The van der Waals surface area contributed by atoms with E-state index in [4.69, 9.17) is 5.11 Å². The lowest BCUT2D eigenvalue weighted by atomic mass is 9.90. The van der Waals surface area contributed by atoms with Gasteiger partial charge in [0.25, 0.3) is 5.91 Å². The lowest BCUT2D eigenvalue weighted by molar-refractivity contribution is -0.136. The van der Waals surface area contributed by atoms with Crippen molar-refractivity contribution in [3.63, 3.8) is 0 Å². The Labute approximate surface area is 106 Å². The zero-order valence-corrected chi connectivity index (χ0v) is 10.2. The van der Waals surface area contributed by atoms with Gasteiger partial charge >= 0.3 is 5.97 Å². The van der Waals surface area contributed by atoms with E-state index >= 15 is 0 Å². The Bertz CT molecular complexity index is 468. The zero-order chi connectivity index (χ0) is 13.0. The van der Waals surface area contributed by atoms with Gasteiger partial charge in [0.2, 0.25) is 0 Å². The lowest BCUT2D eigenvalue weighted by Crippen LogP contribution is -2.26. The van der Waals surface area contributed by atoms with Crippen LogP contribution in [-0.4, -0.2) is 23.5 Å². The second-order valence-corrected chi connectivity index (χ2v) is 4.59. The average molecular weight is 247 g/mol. The van der Waals surface area contributed by atoms with Crippen molar-refractivity contribution in [2.75, 3.05) is 6.54 Å². The molecule has 4 nitrogen and oxygen atoms in total. The molecule has 2 N–H and O–H groups in total. The van der Waals surface area contributed by atoms with Crippen LogP contribution in [0, 0.1) is 0 Å². The van der Waals surface area contributed by atoms with E-state index in [1.54, 1.807) is 0 Å². The maximum atomic E-state index is 11.8. The van der Waals surface area contributed by atoms with Crippen molar-refractivity contribution in [2.24, 2.45) is 0 Å². The van der Waals surface area contributed by atoms with Gasteiger partial charge in [-0.3, -0.25) is 9.59 Å². The number of hydrogen-bond donors (Lipinski definition) is 2. The number of aryl methyl sites for hydroxylation is 2. The van der Waals surface area contributed by atoms with Gasteiger partial charge in [-0.15, -0.1) is 0 Å². The number of nitrogens with one attached hydrogen (secondary N) is 1. The van der Waals surface area contributed by atoms with E-state index in [1.807, 2.05) is 18.2 Å². The largest absolute Gasteiger partial charge is 0.481 e. The van der Waals surface area contributed by atoms with Crippen LogP contribution >= 0.6 is 0 Å². The number of hydrogen-bond acceptors (Lipinski definition) is 2. The van der Waals surface area contributed by atoms with Crippen LogP contribution in [0.25, 0.3) is 0 Å². The number of amides is 1. The summed E-state index contributed by atoms with van der Waals surface area (Å²) < 4.78 is 0. The van der Waals surface area contributed by atoms with E-state index in [9.17, 15) is 9.59 Å². The first kappa shape index (κ1) is 12.6. The van der Waals surface area contributed by atoms with Gasteiger partial charge in [-0.25, -0.2) is 0 Å². The van der Waals surface area contributed by atoms with E-state index < -0.39 is 5.97 Å². The molecule has 0 heterocycles. The number of benzene rings is 1. The van der Waals surface area contributed by atoms with Crippen LogP contribution in [-0.2, 0) is 17.6 Å². The van der Waals surface area contributed by atoms with Gasteiger partial charge < -0.3 is 10.4 Å². The second-order valence-electron chi connectivity index (χ2n) is 4.59. The first-order chi connectivity index (χ1) is 8.66. The number of carboxylic acid groups (broad SMARTS) is 1. The quantitative estimate of drug-likeness (QED) is 0.852. The van der Waals surface area contributed by atoms with Crippen molar-refractivity contribution in [1.82, 2.24) is 5.32 Å². The number of carboxylic acids is 1. The van der Waals surface area contributed by atoms with Gasteiger partial charge in [-0.05, 0) is 48.9 Å². The molecular weight excluding hydrogens is 230 g/mol. The molecule has 1 aliphatic carbocycles. The Balaban J connectivity index is 2.00. The van der Waals surface area contributed by atoms with Crippen LogP contribution in [0.4, 0.5) is 0 Å². The predicted octanol–water partition coefficient (Wildman–Crippen LogP) is 1.77. The summed E-state index contributed by atoms with van der Waals surface area (Å²) in [4.78, 5) is 22.2. The Hall–Kier alpha value is -1.84. The number of fused-ring (bicyclic) bond motifs is 1. The molecule has 0 saturated carbocycles. The van der Waals surface area contributed by atoms with Crippen molar-refractivity contribution in [2.45, 2.75) is 32.1 Å². The van der Waals surface area contributed by atoms with Gasteiger partial charge in [0.1, 0.15) is 0 Å². The Morgan fingerprint density at radius 3 is 2.61 bits per heavy atom. The monoisotopic (exact) mass is 247 g/mol. The van der Waals surface area contributed by atoms with E-state index in [0.29, 0.717) is 5.56 Å². The molecule has 0 spiro atoms. The van der Waals surface area contributed by atoms with Crippen molar-refractivity contribution < 1.29 is 14.7 Å². The van der Waals surface area contributed by atoms with E-state index in [1.165, 1.54) is 24.0 Å². The first-order valence-electron chi connectivity index (χ1n) is 6.28. The highest BCUT2D eigenvalue weighted by Gasteiger charge is 2.12. The van der Waals surface area contributed by atoms with Crippen LogP contribution < -0.4 is 5.32 Å². The van der Waals surface area contributed by atoms with Crippen molar-refractivity contribution >= 4 is 11.9 Å². The molecule has 0 aromatic heterocycles. The summed E-state index contributed by atoms with van der Waals surface area (Å²) in [6.45, 7) is 0.172. The van der Waals surface area contributed by atoms with Gasteiger partial charge in [-0.2, -0.15) is 0 Å². The molecule has 1 aliphatic rings. The molecule has 0 radical (unpaired) electrons. The second kappa shape index (κ2) is 5.67. The van der Waals surface area contributed by atoms with Crippen LogP contribution in [0.15, 0.2) is 18.2 Å². The smallest absolute Gasteiger partial charge is 0.305 e. The number of carbonyl (C=O) groups is 2. The molecule has 96 valence electrons. The van der Waals surface area contributed by atoms with E-state index in [-0.39, 0.29) is 18.9 Å². The summed E-state index contributed by atoms with van der Waals surface area (Å²) in [6, 6.07) is 5.77. The molecular formula is C14H17NO3. The highest BCUT2D eigenvalue weighted by molar-refractivity contribution is 5.94. The molecule has 0 unspecified atom stereocenters. The maximum absolute atomic E-state index is 11.8. The highest BCUT2D eigenvalue weighted by atomic mass is 16.4. The van der Waals surface area contributed by atoms with Gasteiger partial charge in [0.15, 0.2) is 0 Å². The molecule has 1 aromatic rings. The van der Waals surface area contributed by atoms with Gasteiger partial charge in [-0.1, -0.05) is 6.07 Å². The summed E-state index contributed by atoms with van der Waals surface area (Å²) in [7, 11) is 0. The summed E-state index contributed by atoms with van der Waals surface area (Å²) >= 11 is 0. The van der Waals surface area contributed by atoms with E-state index in [0.717, 1.165) is 12.8 Å². The Morgan fingerprint density at radius 1 is 1.17 bits per heavy atom. The molecule has 1 amide bonds. The summed E-state index contributed by atoms with van der Waals surface area (Å²) in [6.07, 6.45) is 4.48. The van der Waals surface area contributed by atoms with Crippen LogP contribution in [0.5, 0.6) is 0 Å². The minimum Gasteiger partial charge on any atom is -0.481 e. The van der Waals surface area contributed by atoms with Crippen LogP contribution in [0.3, 0.4) is 0 Å². The number of aliphatic carboxylic acids is 1. The van der Waals surface area contributed by atoms with Crippen molar-refractivity contribution in [3.8, 4) is 0 Å². The third-order valence-electron chi connectivity index (χ3n) is 3.24. The average Bonchev–Trinajstić information content (AvgIpc) is 2.37. The van der Waals surface area contributed by atoms with Crippen LogP contribution in [0.2, 0.25) is 0 Å². The third-order valence-corrected chi connectivity index (χ3v) is 3.24. The van der Waals surface area contributed by atoms with Gasteiger partial charge in [0.05, 0.1) is 6.42 Å². The van der Waals surface area contributed by atoms with Crippen LogP contribution in [0.1, 0.15) is 40.7 Å². The molecule has 0 aliphatic heterocycles. The molecule has 18 heavy (non-hydrogen) atoms. The standard InChI is InChI=1S/C14H17NO3/c16-13(17)7-8-15-14(18)12-6-5-10-3-1-2-4-11(10)9-12/h5-6,9H,1-4,7-8H2,(H,15,18)(H,16,17). The Kier molecular flexibility index (Phi) is 3.97. The third kappa shape index (κ3) is 3.09. The maximum Gasteiger partial charge on any atom is 0.305 e. The Morgan fingerprint density at radius 2 is 1.89 bits per heavy atom. The summed E-state index contributed by atoms with van der Waals surface area (Å²) in [5, 5.41) is 11.1. The summed E-state index contributed by atoms with van der Waals surface area (Å²) in [5.41, 5.74) is 3.22. The number of carbonyl (C=O) groups excluding carboxylic acids is 1. The molecule has 0 bridgehead atoms. The molecule has 0 saturated heterocycles. The fraction of sp³-hybridized carbons (Fsp3) is 0.429. The zero-order valence-electron chi connectivity index (χ0n) is 10.2. The van der Waals surface area contributed by atoms with E-state index in [2.05, 4.69) is 5.32 Å². The fourth-order valence-corrected chi connectivity index (χ4v) is 2.26. The first-order valence-corrected chi connectivity index (χ1v) is 6.28. The van der Waals surface area contributed by atoms with Crippen molar-refractivity contribution in [3.05, 3.63) is 34.9 Å². The minimum absolute atomic E-state index is 0.0450. The topological polar surface area (TPSA) is 66.4 Å². The fourth-order valence-electron chi connectivity index (χ4n) is 2.26. The SMILES string of the molecule is O=C(O)CCNC(=O)c1ccc2c(c1)CCCC2. The number of rotatable bonds is 4. The normalized spacial score (nSPS) is 13.8. The minimum atomic E-state index is -0.902. The summed E-state index contributed by atoms with van der Waals surface area (Å²) in [5.74, 6) is -1.09. The highest BCUT2D eigenvalue weighted by Crippen LogP contribution is 2.22. The predicted molar refractivity (Wildman–Crippen MR) is 67.7 cm³/mol. The molecule has 0 fully saturated rings. The van der Waals surface area contributed by atoms with Gasteiger partial charge in [0, 0.05) is 12.1 Å². The molecule has 0 atom stereocenters. The molecule has 2 rings (SSSR count). The molecule has 4 heteroatoms. The van der Waals surface area contributed by atoms with Crippen molar-refractivity contribution in [1.29, 1.82) is 0 Å². The molecule has 1 aromatic carbocycles. The lowest BCUT2D eigenvalue weighted by Gasteiger charge is -2.16.